The third kappa shape index (κ3) is 3.44. The Labute approximate surface area is 131 Å². The summed E-state index contributed by atoms with van der Waals surface area (Å²) in [5, 5.41) is 4.32. The molecule has 0 aromatic carbocycles. The Hall–Kier alpha value is -1.41. The molecule has 1 atom stereocenters. The molecular formula is C13H17N3O3S2. The maximum atomic E-state index is 12.4. The molecule has 2 heterocycles. The molecule has 1 aliphatic heterocycles. The van der Waals surface area contributed by atoms with E-state index >= 15 is 0 Å². The number of nitrogens with one attached hydrogen (secondary N) is 1. The van der Waals surface area contributed by atoms with Crippen LogP contribution in [0.15, 0.2) is 27.8 Å². The van der Waals surface area contributed by atoms with Gasteiger partial charge in [-0.25, -0.2) is 4.98 Å². The number of hydrogen-bond acceptors (Lipinski definition) is 7. The van der Waals surface area contributed by atoms with Crippen molar-refractivity contribution in [3.63, 3.8) is 0 Å². The van der Waals surface area contributed by atoms with Crippen molar-refractivity contribution in [2.75, 3.05) is 18.1 Å². The second-order valence-corrected chi connectivity index (χ2v) is 6.26. The van der Waals surface area contributed by atoms with Gasteiger partial charge in [0.25, 0.3) is 5.56 Å². The van der Waals surface area contributed by atoms with Crippen LogP contribution in [0.25, 0.3) is 0 Å². The maximum Gasteiger partial charge on any atom is 0.316 e. The van der Waals surface area contributed by atoms with E-state index in [-0.39, 0.29) is 23.3 Å². The highest BCUT2D eigenvalue weighted by Crippen LogP contribution is 2.35. The summed E-state index contributed by atoms with van der Waals surface area (Å²) in [6, 6.07) is -0.0576. The zero-order valence-corrected chi connectivity index (χ0v) is 13.6. The molecule has 0 saturated carbocycles. The van der Waals surface area contributed by atoms with Gasteiger partial charge in [-0.3, -0.25) is 14.2 Å². The van der Waals surface area contributed by atoms with Crippen molar-refractivity contribution in [2.45, 2.75) is 23.1 Å². The fourth-order valence-electron chi connectivity index (χ4n) is 1.96. The van der Waals surface area contributed by atoms with Crippen LogP contribution in [0, 0.1) is 0 Å². The molecule has 0 aliphatic carbocycles. The van der Waals surface area contributed by atoms with E-state index in [1.165, 1.54) is 28.1 Å². The van der Waals surface area contributed by atoms with Crippen LogP contribution < -0.4 is 10.9 Å². The first kappa shape index (κ1) is 16.0. The number of ether oxygens (including phenoxy) is 1. The minimum Gasteiger partial charge on any atom is -0.465 e. The zero-order chi connectivity index (χ0) is 15.4. The summed E-state index contributed by atoms with van der Waals surface area (Å²) in [5.41, 5.74) is 0.582. The summed E-state index contributed by atoms with van der Waals surface area (Å²) < 4.78 is 6.35. The lowest BCUT2D eigenvalue weighted by Crippen LogP contribution is -2.29. The molecule has 1 aliphatic rings. The van der Waals surface area contributed by atoms with Crippen molar-refractivity contribution in [3.8, 4) is 0 Å². The van der Waals surface area contributed by atoms with Gasteiger partial charge in [-0.15, -0.1) is 11.8 Å². The summed E-state index contributed by atoms with van der Waals surface area (Å²) in [4.78, 5) is 28.3. The molecule has 6 nitrogen and oxygen atoms in total. The zero-order valence-electron chi connectivity index (χ0n) is 11.9. The Morgan fingerprint density at radius 2 is 2.48 bits per heavy atom. The molecule has 0 fully saturated rings. The van der Waals surface area contributed by atoms with Crippen LogP contribution in [0.1, 0.15) is 18.5 Å². The van der Waals surface area contributed by atoms with Gasteiger partial charge < -0.3 is 10.1 Å². The molecular weight excluding hydrogens is 310 g/mol. The van der Waals surface area contributed by atoms with Gasteiger partial charge in [0.1, 0.15) is 5.03 Å². The molecule has 1 aromatic rings. The average Bonchev–Trinajstić information content (AvgIpc) is 2.85. The van der Waals surface area contributed by atoms with Crippen molar-refractivity contribution in [1.82, 2.24) is 14.9 Å². The normalized spacial score (nSPS) is 16.4. The highest BCUT2D eigenvalue weighted by atomic mass is 32.2. The quantitative estimate of drug-likeness (QED) is 0.365. The van der Waals surface area contributed by atoms with Crippen LogP contribution in [-0.2, 0) is 16.6 Å². The predicted octanol–water partition coefficient (Wildman–Crippen LogP) is 1.32. The lowest BCUT2D eigenvalue weighted by Gasteiger charge is -2.12. The van der Waals surface area contributed by atoms with Gasteiger partial charge in [0, 0.05) is 12.8 Å². The van der Waals surface area contributed by atoms with Gasteiger partial charge in [0.05, 0.1) is 24.0 Å². The van der Waals surface area contributed by atoms with Crippen LogP contribution in [0.4, 0.5) is 0 Å². The Bertz CT molecular complexity index is 615. The third-order valence-corrected chi connectivity index (χ3v) is 5.02. The van der Waals surface area contributed by atoms with E-state index in [0.29, 0.717) is 17.3 Å². The van der Waals surface area contributed by atoms with Crippen LogP contribution >= 0.6 is 23.5 Å². The topological polar surface area (TPSA) is 73.2 Å². The summed E-state index contributed by atoms with van der Waals surface area (Å²) >= 11 is 2.75. The molecule has 0 amide bonds. The average molecular weight is 327 g/mol. The molecule has 0 saturated heterocycles. The second kappa shape index (κ2) is 7.04. The van der Waals surface area contributed by atoms with Crippen LogP contribution in [0.3, 0.4) is 0 Å². The lowest BCUT2D eigenvalue weighted by atomic mass is 10.2. The van der Waals surface area contributed by atoms with E-state index in [1.54, 1.807) is 20.2 Å². The Morgan fingerprint density at radius 3 is 3.14 bits per heavy atom. The van der Waals surface area contributed by atoms with Crippen molar-refractivity contribution in [2.24, 2.45) is 7.05 Å². The molecule has 2 rings (SSSR count). The third-order valence-electron chi connectivity index (χ3n) is 2.93. The molecule has 1 aromatic heterocycles. The molecule has 21 heavy (non-hydrogen) atoms. The first-order valence-electron chi connectivity index (χ1n) is 6.47. The van der Waals surface area contributed by atoms with Gasteiger partial charge >= 0.3 is 5.97 Å². The maximum absolute atomic E-state index is 12.4. The second-order valence-electron chi connectivity index (χ2n) is 4.31. The van der Waals surface area contributed by atoms with Gasteiger partial charge in [0.15, 0.2) is 5.16 Å². The standard InChI is InChI=1S/C13H17N3O3S2/c1-4-14-8-6-20-11-10(8)12(18)16(3)13(15-11)21-7-9(17)19-5-2/h4,8,14H,1,5-7H2,2-3H3. The number of carbonyl (C=O) groups is 1. The van der Waals surface area contributed by atoms with E-state index in [2.05, 4.69) is 16.9 Å². The van der Waals surface area contributed by atoms with Crippen LogP contribution in [-0.4, -0.2) is 33.6 Å². The van der Waals surface area contributed by atoms with Crippen LogP contribution in [0.5, 0.6) is 0 Å². The minimum atomic E-state index is -0.309. The summed E-state index contributed by atoms with van der Waals surface area (Å²) in [6.07, 6.45) is 1.59. The van der Waals surface area contributed by atoms with E-state index in [0.717, 1.165) is 10.8 Å². The van der Waals surface area contributed by atoms with Crippen molar-refractivity contribution in [3.05, 3.63) is 28.7 Å². The number of carbonyl (C=O) groups excluding carboxylic acids is 1. The first-order chi connectivity index (χ1) is 10.1. The Morgan fingerprint density at radius 1 is 1.71 bits per heavy atom. The first-order valence-corrected chi connectivity index (χ1v) is 8.44. The van der Waals surface area contributed by atoms with Crippen molar-refractivity contribution < 1.29 is 9.53 Å². The number of esters is 1. The molecule has 1 unspecified atom stereocenters. The summed E-state index contributed by atoms with van der Waals surface area (Å²) in [5.74, 6) is 0.581. The van der Waals surface area contributed by atoms with Crippen LogP contribution in [0.2, 0.25) is 0 Å². The Balaban J connectivity index is 2.23. The van der Waals surface area contributed by atoms with E-state index in [4.69, 9.17) is 4.74 Å². The van der Waals surface area contributed by atoms with Crippen molar-refractivity contribution >= 4 is 29.5 Å². The molecule has 8 heteroatoms. The van der Waals surface area contributed by atoms with Gasteiger partial charge in [-0.1, -0.05) is 18.3 Å². The number of thioether (sulfide) groups is 2. The SMILES string of the molecule is C=CNC1CSc2nc(SCC(=O)OCC)n(C)c(=O)c21. The van der Waals surface area contributed by atoms with E-state index in [1.807, 2.05) is 0 Å². The monoisotopic (exact) mass is 327 g/mol. The number of hydrogen-bond donors (Lipinski definition) is 1. The molecule has 0 bridgehead atoms. The van der Waals surface area contributed by atoms with E-state index in [9.17, 15) is 9.59 Å². The van der Waals surface area contributed by atoms with Gasteiger partial charge in [-0.05, 0) is 13.1 Å². The largest absolute Gasteiger partial charge is 0.465 e. The molecule has 0 radical (unpaired) electrons. The fourth-order valence-corrected chi connectivity index (χ4v) is 3.91. The Kier molecular flexibility index (Phi) is 5.35. The molecule has 114 valence electrons. The summed E-state index contributed by atoms with van der Waals surface area (Å²) in [6.45, 7) is 5.74. The number of rotatable bonds is 6. The minimum absolute atomic E-state index is 0.0576. The molecule has 1 N–H and O–H groups in total. The lowest BCUT2D eigenvalue weighted by molar-refractivity contribution is -0.139. The number of fused-ring (bicyclic) bond motifs is 1. The van der Waals surface area contributed by atoms with E-state index < -0.39 is 0 Å². The molecule has 0 spiro atoms. The number of nitrogens with zero attached hydrogens (tertiary/aromatic N) is 2. The van der Waals surface area contributed by atoms with Gasteiger partial charge in [-0.2, -0.15) is 0 Å². The predicted molar refractivity (Wildman–Crippen MR) is 83.6 cm³/mol. The number of aromatic nitrogens is 2. The van der Waals surface area contributed by atoms with Gasteiger partial charge in [0.2, 0.25) is 0 Å². The van der Waals surface area contributed by atoms with Crippen molar-refractivity contribution in [1.29, 1.82) is 0 Å². The highest BCUT2D eigenvalue weighted by molar-refractivity contribution is 8.00. The fraction of sp³-hybridized carbons (Fsp3) is 0.462. The smallest absolute Gasteiger partial charge is 0.316 e. The highest BCUT2D eigenvalue weighted by Gasteiger charge is 2.29. The summed E-state index contributed by atoms with van der Waals surface area (Å²) in [7, 11) is 1.66.